The lowest BCUT2D eigenvalue weighted by molar-refractivity contribution is -0.119. The Labute approximate surface area is 137 Å². The largest absolute Gasteiger partial charge is 0.494 e. The summed E-state index contributed by atoms with van der Waals surface area (Å²) in [7, 11) is -3.56. The van der Waals surface area contributed by atoms with Crippen LogP contribution < -0.4 is 10.1 Å². The lowest BCUT2D eigenvalue weighted by atomic mass is 10.2. The Morgan fingerprint density at radius 2 is 2.17 bits per heavy atom. The van der Waals surface area contributed by atoms with E-state index in [0.717, 1.165) is 6.42 Å². The molecule has 1 aromatic carbocycles. The molecule has 1 aliphatic heterocycles. The second-order valence-corrected chi connectivity index (χ2v) is 7.78. The number of rotatable bonds is 6. The lowest BCUT2D eigenvalue weighted by Gasteiger charge is -2.19. The summed E-state index contributed by atoms with van der Waals surface area (Å²) in [4.78, 5) is 11.4. The van der Waals surface area contributed by atoms with Crippen LogP contribution in [0.5, 0.6) is 5.75 Å². The van der Waals surface area contributed by atoms with Crippen LogP contribution >= 0.6 is 0 Å². The second kappa shape index (κ2) is 7.31. The quantitative estimate of drug-likeness (QED) is 0.856. The molecule has 0 saturated carbocycles. The summed E-state index contributed by atoms with van der Waals surface area (Å²) >= 11 is 0. The number of carbonyl (C=O) groups excluding carboxylic acids is 1. The number of amides is 1. The van der Waals surface area contributed by atoms with Gasteiger partial charge in [0.15, 0.2) is 0 Å². The van der Waals surface area contributed by atoms with Crippen molar-refractivity contribution in [2.45, 2.75) is 38.6 Å². The smallest absolute Gasteiger partial charge is 0.243 e. The molecule has 6 nitrogen and oxygen atoms in total. The Balaban J connectivity index is 2.37. The van der Waals surface area contributed by atoms with Crippen molar-refractivity contribution in [3.05, 3.63) is 23.8 Å². The number of sulfonamides is 1. The van der Waals surface area contributed by atoms with Gasteiger partial charge in [-0.2, -0.15) is 4.31 Å². The molecule has 23 heavy (non-hydrogen) atoms. The highest BCUT2D eigenvalue weighted by atomic mass is 32.2. The van der Waals surface area contributed by atoms with Crippen LogP contribution in [0.25, 0.3) is 0 Å². The zero-order valence-electron chi connectivity index (χ0n) is 13.8. The van der Waals surface area contributed by atoms with Gasteiger partial charge < -0.3 is 10.1 Å². The van der Waals surface area contributed by atoms with E-state index in [1.807, 2.05) is 13.8 Å². The standard InChI is InChI=1S/C16H24N2O4S/c1-4-22-15-5-6-16(14(9-15)10-17-13(3)19)23(20,21)18-8-7-12(2)11-18/h5-6,9,12H,4,7-8,10-11H2,1-3H3,(H,17,19)/t12-/m0/s1. The maximum Gasteiger partial charge on any atom is 0.243 e. The van der Waals surface area contributed by atoms with E-state index in [4.69, 9.17) is 4.74 Å². The minimum Gasteiger partial charge on any atom is -0.494 e. The van der Waals surface area contributed by atoms with Gasteiger partial charge in [0.05, 0.1) is 11.5 Å². The van der Waals surface area contributed by atoms with Gasteiger partial charge in [0.2, 0.25) is 15.9 Å². The van der Waals surface area contributed by atoms with Crippen LogP contribution in [0.15, 0.2) is 23.1 Å². The lowest BCUT2D eigenvalue weighted by Crippen LogP contribution is -2.30. The Morgan fingerprint density at radius 3 is 2.74 bits per heavy atom. The van der Waals surface area contributed by atoms with Gasteiger partial charge in [-0.1, -0.05) is 6.92 Å². The molecule has 2 rings (SSSR count). The third-order valence-corrected chi connectivity index (χ3v) is 5.84. The van der Waals surface area contributed by atoms with Crippen LogP contribution in [0.3, 0.4) is 0 Å². The van der Waals surface area contributed by atoms with Gasteiger partial charge in [-0.15, -0.1) is 0 Å². The van der Waals surface area contributed by atoms with Crippen molar-refractivity contribution in [1.82, 2.24) is 9.62 Å². The number of nitrogens with zero attached hydrogens (tertiary/aromatic N) is 1. The summed E-state index contributed by atoms with van der Waals surface area (Å²) in [5, 5.41) is 2.67. The van der Waals surface area contributed by atoms with Crippen LogP contribution in [0.4, 0.5) is 0 Å². The van der Waals surface area contributed by atoms with E-state index in [1.54, 1.807) is 18.2 Å². The van der Waals surface area contributed by atoms with Crippen molar-refractivity contribution in [3.63, 3.8) is 0 Å². The van der Waals surface area contributed by atoms with E-state index in [0.29, 0.717) is 36.9 Å². The number of hydrogen-bond acceptors (Lipinski definition) is 4. The topological polar surface area (TPSA) is 75.7 Å². The molecule has 0 aromatic heterocycles. The first-order chi connectivity index (χ1) is 10.8. The van der Waals surface area contributed by atoms with Crippen molar-refractivity contribution in [1.29, 1.82) is 0 Å². The average molecular weight is 340 g/mol. The van der Waals surface area contributed by atoms with Crippen LogP contribution in [0.2, 0.25) is 0 Å². The summed E-state index contributed by atoms with van der Waals surface area (Å²) < 4.78 is 32.7. The molecular weight excluding hydrogens is 316 g/mol. The maximum absolute atomic E-state index is 12.9. The Bertz CT molecular complexity index is 673. The van der Waals surface area contributed by atoms with Crippen LogP contribution in [0.1, 0.15) is 32.8 Å². The van der Waals surface area contributed by atoms with Gasteiger partial charge in [-0.05, 0) is 43.0 Å². The highest BCUT2D eigenvalue weighted by Gasteiger charge is 2.32. The fraction of sp³-hybridized carbons (Fsp3) is 0.562. The van der Waals surface area contributed by atoms with E-state index in [9.17, 15) is 13.2 Å². The van der Waals surface area contributed by atoms with Crippen LogP contribution in [-0.4, -0.2) is 38.3 Å². The fourth-order valence-electron chi connectivity index (χ4n) is 2.67. The van der Waals surface area contributed by atoms with Crippen molar-refractivity contribution in [3.8, 4) is 5.75 Å². The molecule has 1 heterocycles. The van der Waals surface area contributed by atoms with E-state index in [2.05, 4.69) is 5.32 Å². The Hall–Kier alpha value is -1.60. The number of benzene rings is 1. The molecule has 0 unspecified atom stereocenters. The Kier molecular flexibility index (Phi) is 5.64. The molecule has 1 aliphatic rings. The predicted molar refractivity (Wildman–Crippen MR) is 87.7 cm³/mol. The Morgan fingerprint density at radius 1 is 1.43 bits per heavy atom. The maximum atomic E-state index is 12.9. The van der Waals surface area contributed by atoms with Gasteiger partial charge in [0.1, 0.15) is 5.75 Å². The molecule has 7 heteroatoms. The number of nitrogens with one attached hydrogen (secondary N) is 1. The first-order valence-corrected chi connectivity index (χ1v) is 9.29. The van der Waals surface area contributed by atoms with E-state index >= 15 is 0 Å². The van der Waals surface area contributed by atoms with Crippen molar-refractivity contribution in [2.24, 2.45) is 5.92 Å². The monoisotopic (exact) mass is 340 g/mol. The van der Waals surface area contributed by atoms with E-state index in [-0.39, 0.29) is 17.3 Å². The molecule has 0 aliphatic carbocycles. The van der Waals surface area contributed by atoms with Gasteiger partial charge in [-0.25, -0.2) is 8.42 Å². The third kappa shape index (κ3) is 4.23. The first-order valence-electron chi connectivity index (χ1n) is 7.85. The normalized spacial score (nSPS) is 18.8. The highest BCUT2D eigenvalue weighted by Crippen LogP contribution is 2.28. The van der Waals surface area contributed by atoms with Crippen LogP contribution in [-0.2, 0) is 21.4 Å². The number of ether oxygens (including phenoxy) is 1. The number of hydrogen-bond donors (Lipinski definition) is 1. The van der Waals surface area contributed by atoms with Crippen molar-refractivity contribution >= 4 is 15.9 Å². The van der Waals surface area contributed by atoms with Crippen molar-refractivity contribution in [2.75, 3.05) is 19.7 Å². The molecule has 0 radical (unpaired) electrons. The molecule has 1 N–H and O–H groups in total. The summed E-state index contributed by atoms with van der Waals surface area (Å²) in [6.07, 6.45) is 0.872. The predicted octanol–water partition coefficient (Wildman–Crippen LogP) is 1.75. The minimum absolute atomic E-state index is 0.161. The highest BCUT2D eigenvalue weighted by molar-refractivity contribution is 7.89. The van der Waals surface area contributed by atoms with Crippen LogP contribution in [0, 0.1) is 5.92 Å². The minimum atomic E-state index is -3.56. The molecule has 1 atom stereocenters. The van der Waals surface area contributed by atoms with E-state index in [1.165, 1.54) is 11.2 Å². The van der Waals surface area contributed by atoms with Gasteiger partial charge in [0, 0.05) is 26.6 Å². The second-order valence-electron chi connectivity index (χ2n) is 5.87. The molecule has 1 amide bonds. The average Bonchev–Trinajstić information content (AvgIpc) is 2.93. The molecule has 128 valence electrons. The molecule has 0 spiro atoms. The third-order valence-electron chi connectivity index (χ3n) is 3.88. The number of carbonyl (C=O) groups is 1. The zero-order chi connectivity index (χ0) is 17.0. The summed E-state index contributed by atoms with van der Waals surface area (Å²) in [6.45, 7) is 7.05. The van der Waals surface area contributed by atoms with Gasteiger partial charge in [0.25, 0.3) is 0 Å². The SMILES string of the molecule is CCOc1ccc(S(=O)(=O)N2CC[C@H](C)C2)c(CNC(C)=O)c1. The molecule has 1 aromatic rings. The molecular formula is C16H24N2O4S. The summed E-state index contributed by atoms with van der Waals surface area (Å²) in [6, 6.07) is 4.92. The van der Waals surface area contributed by atoms with Crippen molar-refractivity contribution < 1.29 is 17.9 Å². The first kappa shape index (κ1) is 17.7. The van der Waals surface area contributed by atoms with Gasteiger partial charge >= 0.3 is 0 Å². The zero-order valence-corrected chi connectivity index (χ0v) is 14.6. The molecule has 1 fully saturated rings. The van der Waals surface area contributed by atoms with E-state index < -0.39 is 10.0 Å². The molecule has 0 bridgehead atoms. The molecule has 1 saturated heterocycles. The fourth-order valence-corrected chi connectivity index (χ4v) is 4.45. The summed E-state index contributed by atoms with van der Waals surface area (Å²) in [5.74, 6) is 0.762. The summed E-state index contributed by atoms with van der Waals surface area (Å²) in [5.41, 5.74) is 0.547. The van der Waals surface area contributed by atoms with Gasteiger partial charge in [-0.3, -0.25) is 4.79 Å².